The van der Waals surface area contributed by atoms with E-state index < -0.39 is 0 Å². The molecule has 0 spiro atoms. The third kappa shape index (κ3) is 3.04. The summed E-state index contributed by atoms with van der Waals surface area (Å²) in [5, 5.41) is 4.17. The third-order valence-corrected chi connectivity index (χ3v) is 3.10. The Morgan fingerprint density at radius 2 is 2.00 bits per heavy atom. The van der Waals surface area contributed by atoms with Gasteiger partial charge in [0.1, 0.15) is 25.0 Å². The number of carbonyl (C=O) groups is 1. The van der Waals surface area contributed by atoms with Crippen molar-refractivity contribution in [2.75, 3.05) is 0 Å². The number of benzene rings is 1. The maximum absolute atomic E-state index is 10.8. The Kier molecular flexibility index (Phi) is 4.50. The van der Waals surface area contributed by atoms with Crippen LogP contribution in [0.2, 0.25) is 0 Å². The zero-order chi connectivity index (χ0) is 14.5. The van der Waals surface area contributed by atoms with Gasteiger partial charge < -0.3 is 4.74 Å². The van der Waals surface area contributed by atoms with Gasteiger partial charge in [0, 0.05) is 12.1 Å². The van der Waals surface area contributed by atoms with Crippen molar-refractivity contribution in [3.05, 3.63) is 41.0 Å². The lowest BCUT2D eigenvalue weighted by Crippen LogP contribution is -2.09. The van der Waals surface area contributed by atoms with Gasteiger partial charge >= 0.3 is 0 Å². The van der Waals surface area contributed by atoms with Crippen LogP contribution >= 0.6 is 0 Å². The summed E-state index contributed by atoms with van der Waals surface area (Å²) in [6, 6.07) is 3.65. The zero-order valence-corrected chi connectivity index (χ0v) is 12.1. The quantitative estimate of drug-likeness (QED) is 0.759. The van der Waals surface area contributed by atoms with Crippen molar-refractivity contribution in [3.8, 4) is 5.75 Å². The Labute approximate surface area is 118 Å². The highest BCUT2D eigenvalue weighted by Crippen LogP contribution is 2.25. The van der Waals surface area contributed by atoms with Crippen molar-refractivity contribution in [1.82, 2.24) is 14.8 Å². The lowest BCUT2D eigenvalue weighted by atomic mass is 10.1. The summed E-state index contributed by atoms with van der Waals surface area (Å²) in [4.78, 5) is 15.0. The van der Waals surface area contributed by atoms with E-state index in [9.17, 15) is 4.79 Å². The summed E-state index contributed by atoms with van der Waals surface area (Å²) in [6.45, 7) is 7.18. The molecule has 20 heavy (non-hydrogen) atoms. The number of aromatic nitrogens is 3. The van der Waals surface area contributed by atoms with Crippen molar-refractivity contribution in [3.63, 3.8) is 0 Å². The van der Waals surface area contributed by atoms with Crippen LogP contribution in [0.4, 0.5) is 0 Å². The van der Waals surface area contributed by atoms with Crippen LogP contribution in [0.5, 0.6) is 5.75 Å². The van der Waals surface area contributed by atoms with Gasteiger partial charge in [-0.15, -0.1) is 0 Å². The molecule has 0 bridgehead atoms. The second-order valence-corrected chi connectivity index (χ2v) is 4.79. The van der Waals surface area contributed by atoms with Crippen LogP contribution in [-0.4, -0.2) is 21.1 Å². The van der Waals surface area contributed by atoms with Gasteiger partial charge in [-0.1, -0.05) is 6.92 Å². The van der Waals surface area contributed by atoms with E-state index in [0.29, 0.717) is 12.2 Å². The Morgan fingerprint density at radius 3 is 2.60 bits per heavy atom. The van der Waals surface area contributed by atoms with Crippen molar-refractivity contribution < 1.29 is 9.53 Å². The van der Waals surface area contributed by atoms with Crippen molar-refractivity contribution in [2.24, 2.45) is 0 Å². The summed E-state index contributed by atoms with van der Waals surface area (Å²) in [7, 11) is 0. The summed E-state index contributed by atoms with van der Waals surface area (Å²) in [5.74, 6) is 1.62. The Hall–Kier alpha value is -2.17. The number of carbonyl (C=O) groups excluding carboxylic acids is 1. The molecular weight excluding hydrogens is 254 g/mol. The van der Waals surface area contributed by atoms with E-state index in [1.54, 1.807) is 6.33 Å². The average molecular weight is 273 g/mol. The highest BCUT2D eigenvalue weighted by Gasteiger charge is 2.09. The number of ether oxygens (including phenoxy) is 1. The van der Waals surface area contributed by atoms with E-state index in [2.05, 4.69) is 17.0 Å². The lowest BCUT2D eigenvalue weighted by Gasteiger charge is -2.13. The fraction of sp³-hybridized carbons (Fsp3) is 0.400. The fourth-order valence-corrected chi connectivity index (χ4v) is 2.21. The molecule has 1 aromatic heterocycles. The molecule has 0 atom stereocenters. The highest BCUT2D eigenvalue weighted by atomic mass is 16.5. The van der Waals surface area contributed by atoms with Gasteiger partial charge in [0.15, 0.2) is 5.82 Å². The van der Waals surface area contributed by atoms with Gasteiger partial charge in [0.25, 0.3) is 0 Å². The topological polar surface area (TPSA) is 57.0 Å². The molecule has 5 heteroatoms. The number of rotatable bonds is 6. The molecule has 1 aromatic carbocycles. The predicted molar refractivity (Wildman–Crippen MR) is 75.9 cm³/mol. The van der Waals surface area contributed by atoms with E-state index in [1.807, 2.05) is 30.7 Å². The number of hydrogen-bond acceptors (Lipinski definition) is 4. The average Bonchev–Trinajstić information content (AvgIpc) is 2.85. The Morgan fingerprint density at radius 1 is 1.30 bits per heavy atom. The van der Waals surface area contributed by atoms with Crippen LogP contribution in [0.25, 0.3) is 0 Å². The molecule has 5 nitrogen and oxygen atoms in total. The fourth-order valence-electron chi connectivity index (χ4n) is 2.21. The first-order chi connectivity index (χ1) is 9.65. The van der Waals surface area contributed by atoms with Crippen molar-refractivity contribution >= 4 is 6.29 Å². The summed E-state index contributed by atoms with van der Waals surface area (Å²) in [5.41, 5.74) is 2.57. The minimum Gasteiger partial charge on any atom is -0.485 e. The van der Waals surface area contributed by atoms with Crippen LogP contribution in [0, 0.1) is 13.8 Å². The second-order valence-electron chi connectivity index (χ2n) is 4.79. The third-order valence-electron chi connectivity index (χ3n) is 3.10. The first kappa shape index (κ1) is 14.2. The highest BCUT2D eigenvalue weighted by molar-refractivity contribution is 5.76. The van der Waals surface area contributed by atoms with Crippen LogP contribution in [-0.2, 0) is 13.2 Å². The molecule has 0 unspecified atom stereocenters. The van der Waals surface area contributed by atoms with Gasteiger partial charge in [0.2, 0.25) is 0 Å². The molecule has 0 aliphatic heterocycles. The molecule has 0 N–H and O–H groups in total. The summed E-state index contributed by atoms with van der Waals surface area (Å²) in [6.07, 6.45) is 3.40. The molecule has 0 fully saturated rings. The van der Waals surface area contributed by atoms with Gasteiger partial charge in [-0.05, 0) is 43.5 Å². The monoisotopic (exact) mass is 273 g/mol. The molecular formula is C15H19N3O2. The zero-order valence-electron chi connectivity index (χ0n) is 12.1. The van der Waals surface area contributed by atoms with Gasteiger partial charge in [-0.25, -0.2) is 9.67 Å². The van der Waals surface area contributed by atoms with Crippen LogP contribution < -0.4 is 4.74 Å². The second kappa shape index (κ2) is 6.32. The molecule has 106 valence electrons. The lowest BCUT2D eigenvalue weighted by molar-refractivity contribution is 0.112. The van der Waals surface area contributed by atoms with Crippen LogP contribution in [0.3, 0.4) is 0 Å². The Balaban J connectivity index is 2.14. The summed E-state index contributed by atoms with van der Waals surface area (Å²) >= 11 is 0. The standard InChI is InChI=1S/C15H19N3O2/c1-4-5-18-14(16-10-17-18)9-20-15-11(2)6-13(8-19)7-12(15)3/h6-8,10H,4-5,9H2,1-3H3. The van der Waals surface area contributed by atoms with Gasteiger partial charge in [0.05, 0.1) is 0 Å². The molecule has 0 aliphatic carbocycles. The van der Waals surface area contributed by atoms with Crippen LogP contribution in [0.1, 0.15) is 40.7 Å². The first-order valence-electron chi connectivity index (χ1n) is 6.71. The smallest absolute Gasteiger partial charge is 0.164 e. The number of hydrogen-bond donors (Lipinski definition) is 0. The predicted octanol–water partition coefficient (Wildman–Crippen LogP) is 2.70. The maximum Gasteiger partial charge on any atom is 0.164 e. The molecule has 0 aliphatic rings. The molecule has 0 saturated heterocycles. The molecule has 0 radical (unpaired) electrons. The maximum atomic E-state index is 10.8. The van der Waals surface area contributed by atoms with Crippen molar-refractivity contribution in [1.29, 1.82) is 0 Å². The van der Waals surface area contributed by atoms with E-state index >= 15 is 0 Å². The molecule has 1 heterocycles. The minimum absolute atomic E-state index is 0.377. The number of aryl methyl sites for hydroxylation is 3. The summed E-state index contributed by atoms with van der Waals surface area (Å²) < 4.78 is 7.71. The SMILES string of the molecule is CCCn1ncnc1COc1c(C)cc(C=O)cc1C. The molecule has 0 saturated carbocycles. The van der Waals surface area contributed by atoms with E-state index in [4.69, 9.17) is 4.74 Å². The molecule has 2 rings (SSSR count). The van der Waals surface area contributed by atoms with E-state index in [0.717, 1.165) is 42.0 Å². The molecule has 2 aromatic rings. The minimum atomic E-state index is 0.377. The first-order valence-corrected chi connectivity index (χ1v) is 6.71. The van der Waals surface area contributed by atoms with Crippen LogP contribution in [0.15, 0.2) is 18.5 Å². The van der Waals surface area contributed by atoms with E-state index in [1.165, 1.54) is 0 Å². The van der Waals surface area contributed by atoms with Gasteiger partial charge in [-0.2, -0.15) is 5.10 Å². The normalized spacial score (nSPS) is 10.6. The number of nitrogens with zero attached hydrogens (tertiary/aromatic N) is 3. The Bertz CT molecular complexity index is 582. The van der Waals surface area contributed by atoms with Crippen molar-refractivity contribution in [2.45, 2.75) is 40.3 Å². The number of aldehydes is 1. The van der Waals surface area contributed by atoms with Gasteiger partial charge in [-0.3, -0.25) is 4.79 Å². The van der Waals surface area contributed by atoms with E-state index in [-0.39, 0.29) is 0 Å². The molecule has 0 amide bonds. The largest absolute Gasteiger partial charge is 0.485 e.